The molecule has 1 saturated heterocycles. The molecule has 2 amide bonds. The van der Waals surface area contributed by atoms with Crippen LogP contribution in [0.5, 0.6) is 0 Å². The van der Waals surface area contributed by atoms with Gasteiger partial charge in [-0.3, -0.25) is 9.59 Å². The van der Waals surface area contributed by atoms with E-state index in [0.717, 1.165) is 24.2 Å². The molecule has 108 valence electrons. The lowest BCUT2D eigenvalue weighted by molar-refractivity contribution is -0.122. The predicted molar refractivity (Wildman–Crippen MR) is 81.8 cm³/mol. The molecule has 2 N–H and O–H groups in total. The van der Waals surface area contributed by atoms with E-state index in [-0.39, 0.29) is 11.8 Å². The van der Waals surface area contributed by atoms with Crippen molar-refractivity contribution in [3.63, 3.8) is 0 Å². The molecule has 1 aliphatic rings. The minimum absolute atomic E-state index is 0.0730. The number of benzene rings is 1. The Morgan fingerprint density at radius 1 is 1.45 bits per heavy atom. The summed E-state index contributed by atoms with van der Waals surface area (Å²) in [7, 11) is 0. The number of amides is 2. The molecule has 0 saturated carbocycles. The molecule has 0 spiro atoms. The van der Waals surface area contributed by atoms with Crippen molar-refractivity contribution >= 4 is 23.6 Å². The lowest BCUT2D eigenvalue weighted by Gasteiger charge is -2.15. The normalized spacial score (nSPS) is 19.1. The van der Waals surface area contributed by atoms with E-state index in [2.05, 4.69) is 10.6 Å². The minimum atomic E-state index is -0.408. The van der Waals surface area contributed by atoms with Gasteiger partial charge < -0.3 is 10.6 Å². The summed E-state index contributed by atoms with van der Waals surface area (Å²) >= 11 is 1.72. The van der Waals surface area contributed by atoms with E-state index in [1.807, 2.05) is 24.5 Å². The Morgan fingerprint density at radius 3 is 3.10 bits per heavy atom. The van der Waals surface area contributed by atoms with Gasteiger partial charge >= 0.3 is 0 Å². The first-order valence-corrected chi connectivity index (χ1v) is 8.26. The van der Waals surface area contributed by atoms with E-state index in [1.165, 1.54) is 0 Å². The zero-order chi connectivity index (χ0) is 14.4. The van der Waals surface area contributed by atoms with Crippen molar-refractivity contribution in [2.45, 2.75) is 31.1 Å². The molecule has 0 bridgehead atoms. The fraction of sp³-hybridized carbons (Fsp3) is 0.467. The van der Waals surface area contributed by atoms with Crippen LogP contribution in [0.15, 0.2) is 24.3 Å². The zero-order valence-electron chi connectivity index (χ0n) is 11.6. The summed E-state index contributed by atoms with van der Waals surface area (Å²) < 4.78 is 0. The average molecular weight is 292 g/mol. The molecule has 1 aromatic carbocycles. The quantitative estimate of drug-likeness (QED) is 0.892. The van der Waals surface area contributed by atoms with Gasteiger partial charge in [0, 0.05) is 17.9 Å². The highest BCUT2D eigenvalue weighted by molar-refractivity contribution is 7.97. The Bertz CT molecular complexity index is 491. The third kappa shape index (κ3) is 4.00. The van der Waals surface area contributed by atoms with Gasteiger partial charge in [0.15, 0.2) is 0 Å². The SMILES string of the molecule is CSCc1cccc(C(=O)N[C@H]2CCCCNC2=O)c1. The summed E-state index contributed by atoms with van der Waals surface area (Å²) in [4.78, 5) is 24.1. The summed E-state index contributed by atoms with van der Waals surface area (Å²) in [5.41, 5.74) is 1.74. The second-order valence-electron chi connectivity index (χ2n) is 4.95. The molecule has 1 fully saturated rings. The van der Waals surface area contributed by atoms with E-state index in [0.29, 0.717) is 18.5 Å². The molecule has 0 radical (unpaired) electrons. The third-order valence-electron chi connectivity index (χ3n) is 3.34. The van der Waals surface area contributed by atoms with Crippen LogP contribution in [0.25, 0.3) is 0 Å². The summed E-state index contributed by atoms with van der Waals surface area (Å²) in [5.74, 6) is 0.636. The van der Waals surface area contributed by atoms with Gasteiger partial charge in [0.05, 0.1) is 0 Å². The van der Waals surface area contributed by atoms with Gasteiger partial charge in [-0.15, -0.1) is 0 Å². The van der Waals surface area contributed by atoms with Gasteiger partial charge in [0.25, 0.3) is 5.91 Å². The summed E-state index contributed by atoms with van der Waals surface area (Å²) in [6.45, 7) is 0.703. The maximum absolute atomic E-state index is 12.2. The Labute approximate surface area is 123 Å². The van der Waals surface area contributed by atoms with E-state index in [4.69, 9.17) is 0 Å². The van der Waals surface area contributed by atoms with Crippen molar-refractivity contribution in [1.29, 1.82) is 0 Å². The van der Waals surface area contributed by atoms with Gasteiger partial charge in [0.1, 0.15) is 6.04 Å². The van der Waals surface area contributed by atoms with Crippen molar-refractivity contribution in [2.24, 2.45) is 0 Å². The highest BCUT2D eigenvalue weighted by atomic mass is 32.2. The van der Waals surface area contributed by atoms with Gasteiger partial charge in [-0.2, -0.15) is 11.8 Å². The summed E-state index contributed by atoms with van der Waals surface area (Å²) in [5, 5.41) is 5.66. The van der Waals surface area contributed by atoms with Crippen molar-refractivity contribution in [3.8, 4) is 0 Å². The third-order valence-corrected chi connectivity index (χ3v) is 3.96. The van der Waals surface area contributed by atoms with Gasteiger partial charge in [0.2, 0.25) is 5.91 Å². The van der Waals surface area contributed by atoms with Gasteiger partial charge in [-0.05, 0) is 43.2 Å². The molecule has 1 aromatic rings. The highest BCUT2D eigenvalue weighted by Gasteiger charge is 2.22. The Hall–Kier alpha value is -1.49. The maximum atomic E-state index is 12.2. The molecular weight excluding hydrogens is 272 g/mol. The van der Waals surface area contributed by atoms with Crippen LogP contribution in [0.1, 0.15) is 35.2 Å². The van der Waals surface area contributed by atoms with Crippen LogP contribution >= 0.6 is 11.8 Å². The summed E-state index contributed by atoms with van der Waals surface area (Å²) in [6, 6.07) is 7.15. The van der Waals surface area contributed by atoms with Crippen LogP contribution in [0.3, 0.4) is 0 Å². The first-order valence-electron chi connectivity index (χ1n) is 6.87. The zero-order valence-corrected chi connectivity index (χ0v) is 12.5. The van der Waals surface area contributed by atoms with E-state index in [9.17, 15) is 9.59 Å². The van der Waals surface area contributed by atoms with Crippen LogP contribution in [-0.2, 0) is 10.5 Å². The molecule has 0 aromatic heterocycles. The molecule has 1 aliphatic heterocycles. The van der Waals surface area contributed by atoms with Crippen LogP contribution in [-0.4, -0.2) is 30.7 Å². The maximum Gasteiger partial charge on any atom is 0.251 e. The topological polar surface area (TPSA) is 58.2 Å². The standard InChI is InChI=1S/C15H20N2O2S/c1-20-10-11-5-4-6-12(9-11)14(18)17-13-7-2-3-8-16-15(13)19/h4-6,9,13H,2-3,7-8,10H2,1H3,(H,16,19)(H,17,18)/t13-/m0/s1. The number of thioether (sulfide) groups is 1. The Kier molecular flexibility index (Phi) is 5.47. The van der Waals surface area contributed by atoms with E-state index < -0.39 is 6.04 Å². The monoisotopic (exact) mass is 292 g/mol. The Balaban J connectivity index is 2.03. The molecule has 0 unspecified atom stereocenters. The first kappa shape index (κ1) is 14.9. The fourth-order valence-electron chi connectivity index (χ4n) is 2.29. The molecule has 20 heavy (non-hydrogen) atoms. The number of hydrogen-bond donors (Lipinski definition) is 2. The van der Waals surface area contributed by atoms with E-state index in [1.54, 1.807) is 17.8 Å². The minimum Gasteiger partial charge on any atom is -0.354 e. The van der Waals surface area contributed by atoms with Crippen molar-refractivity contribution < 1.29 is 9.59 Å². The number of nitrogens with one attached hydrogen (secondary N) is 2. The van der Waals surface area contributed by atoms with Crippen LogP contribution in [0.2, 0.25) is 0 Å². The molecule has 4 nitrogen and oxygen atoms in total. The molecule has 5 heteroatoms. The van der Waals surface area contributed by atoms with Crippen LogP contribution in [0, 0.1) is 0 Å². The molecule has 0 aliphatic carbocycles. The molecule has 2 rings (SSSR count). The summed E-state index contributed by atoms with van der Waals surface area (Å²) in [6.07, 6.45) is 4.67. The van der Waals surface area contributed by atoms with Crippen LogP contribution < -0.4 is 10.6 Å². The Morgan fingerprint density at radius 2 is 2.30 bits per heavy atom. The van der Waals surface area contributed by atoms with Gasteiger partial charge in [-0.1, -0.05) is 12.1 Å². The van der Waals surface area contributed by atoms with Crippen molar-refractivity contribution in [1.82, 2.24) is 10.6 Å². The first-order chi connectivity index (χ1) is 9.70. The predicted octanol–water partition coefficient (Wildman–Crippen LogP) is 1.95. The fourth-order valence-corrected chi connectivity index (χ4v) is 2.80. The smallest absolute Gasteiger partial charge is 0.251 e. The highest BCUT2D eigenvalue weighted by Crippen LogP contribution is 2.12. The molecule has 1 atom stereocenters. The van der Waals surface area contributed by atoms with Gasteiger partial charge in [-0.25, -0.2) is 0 Å². The molecule has 1 heterocycles. The average Bonchev–Trinajstić information content (AvgIpc) is 2.65. The van der Waals surface area contributed by atoms with Crippen LogP contribution in [0.4, 0.5) is 0 Å². The number of hydrogen-bond acceptors (Lipinski definition) is 3. The van der Waals surface area contributed by atoms with Crippen molar-refractivity contribution in [2.75, 3.05) is 12.8 Å². The number of rotatable bonds is 4. The van der Waals surface area contributed by atoms with E-state index >= 15 is 0 Å². The lowest BCUT2D eigenvalue weighted by Crippen LogP contribution is -2.45. The number of carbonyl (C=O) groups is 2. The largest absolute Gasteiger partial charge is 0.354 e. The number of carbonyl (C=O) groups excluding carboxylic acids is 2. The second kappa shape index (κ2) is 7.33. The molecular formula is C15H20N2O2S. The second-order valence-corrected chi connectivity index (χ2v) is 5.81. The van der Waals surface area contributed by atoms with Crippen molar-refractivity contribution in [3.05, 3.63) is 35.4 Å². The lowest BCUT2D eigenvalue weighted by atomic mass is 10.1.